The van der Waals surface area contributed by atoms with Gasteiger partial charge in [0, 0.05) is 6.42 Å². The molecule has 0 saturated heterocycles. The highest BCUT2D eigenvalue weighted by Gasteiger charge is 2.07. The van der Waals surface area contributed by atoms with Gasteiger partial charge < -0.3 is 0 Å². The van der Waals surface area contributed by atoms with E-state index in [-0.39, 0.29) is 18.0 Å². The molecule has 0 unspecified atom stereocenters. The SMILES string of the molecule is CC(=O)C/C(=C(/C)F)c1ccccc1. The van der Waals surface area contributed by atoms with Crippen LogP contribution in [0.15, 0.2) is 36.2 Å². The Bertz CT molecular complexity index is 348. The number of carbonyl (C=O) groups excluding carboxylic acids is 1. The van der Waals surface area contributed by atoms with Gasteiger partial charge in [-0.1, -0.05) is 30.3 Å². The van der Waals surface area contributed by atoms with Crippen molar-refractivity contribution in [1.82, 2.24) is 0 Å². The van der Waals surface area contributed by atoms with Crippen LogP contribution in [0.2, 0.25) is 0 Å². The quantitative estimate of drug-likeness (QED) is 0.717. The van der Waals surface area contributed by atoms with Gasteiger partial charge in [0.15, 0.2) is 0 Å². The minimum atomic E-state index is -0.286. The van der Waals surface area contributed by atoms with Crippen molar-refractivity contribution in [2.45, 2.75) is 20.3 Å². The van der Waals surface area contributed by atoms with Crippen LogP contribution in [0, 0.1) is 0 Å². The van der Waals surface area contributed by atoms with Crippen LogP contribution < -0.4 is 0 Å². The molecule has 0 heterocycles. The van der Waals surface area contributed by atoms with E-state index < -0.39 is 0 Å². The number of Topliss-reactive ketones (excluding diaryl/α,β-unsaturated/α-hetero) is 1. The first-order valence-electron chi connectivity index (χ1n) is 4.51. The van der Waals surface area contributed by atoms with E-state index in [0.717, 1.165) is 5.56 Å². The predicted molar refractivity (Wildman–Crippen MR) is 55.4 cm³/mol. The zero-order valence-electron chi connectivity index (χ0n) is 8.38. The summed E-state index contributed by atoms with van der Waals surface area (Å²) in [6.07, 6.45) is 0.159. The first kappa shape index (κ1) is 10.6. The maximum absolute atomic E-state index is 13.1. The molecule has 0 aliphatic heterocycles. The van der Waals surface area contributed by atoms with Crippen LogP contribution in [-0.4, -0.2) is 5.78 Å². The Kier molecular flexibility index (Phi) is 3.57. The van der Waals surface area contributed by atoms with Gasteiger partial charge in [0.2, 0.25) is 0 Å². The first-order chi connectivity index (χ1) is 6.61. The smallest absolute Gasteiger partial charge is 0.134 e. The van der Waals surface area contributed by atoms with Gasteiger partial charge in [-0.25, -0.2) is 4.39 Å². The van der Waals surface area contributed by atoms with Crippen LogP contribution in [0.1, 0.15) is 25.8 Å². The average Bonchev–Trinajstić information content (AvgIpc) is 2.15. The zero-order chi connectivity index (χ0) is 10.6. The summed E-state index contributed by atoms with van der Waals surface area (Å²) < 4.78 is 13.1. The second-order valence-corrected chi connectivity index (χ2v) is 3.26. The van der Waals surface area contributed by atoms with Gasteiger partial charge in [0.25, 0.3) is 0 Å². The number of hydrogen-bond acceptors (Lipinski definition) is 1. The van der Waals surface area contributed by atoms with E-state index in [1.165, 1.54) is 13.8 Å². The van der Waals surface area contributed by atoms with Gasteiger partial charge in [-0.05, 0) is 25.0 Å². The van der Waals surface area contributed by atoms with Gasteiger partial charge in [-0.2, -0.15) is 0 Å². The van der Waals surface area contributed by atoms with Gasteiger partial charge in [0.1, 0.15) is 11.6 Å². The third kappa shape index (κ3) is 2.80. The van der Waals surface area contributed by atoms with E-state index in [9.17, 15) is 9.18 Å². The predicted octanol–water partition coefficient (Wildman–Crippen LogP) is 3.37. The fraction of sp³-hybridized carbons (Fsp3) is 0.250. The normalized spacial score (nSPS) is 12.2. The van der Waals surface area contributed by atoms with Crippen LogP contribution >= 0.6 is 0 Å². The van der Waals surface area contributed by atoms with Crippen LogP contribution in [-0.2, 0) is 4.79 Å². The summed E-state index contributed by atoms with van der Waals surface area (Å²) in [5.74, 6) is -0.313. The highest BCUT2D eigenvalue weighted by molar-refractivity contribution is 5.89. The molecule has 1 aromatic carbocycles. The molecule has 2 heteroatoms. The van der Waals surface area contributed by atoms with E-state index in [2.05, 4.69) is 0 Å². The van der Waals surface area contributed by atoms with Gasteiger partial charge in [0.05, 0.1) is 0 Å². The number of carbonyl (C=O) groups is 1. The van der Waals surface area contributed by atoms with Crippen LogP contribution in [0.5, 0.6) is 0 Å². The first-order valence-corrected chi connectivity index (χ1v) is 4.51. The van der Waals surface area contributed by atoms with E-state index in [1.54, 1.807) is 12.1 Å². The molecule has 0 N–H and O–H groups in total. The van der Waals surface area contributed by atoms with Crippen molar-refractivity contribution in [2.75, 3.05) is 0 Å². The fourth-order valence-corrected chi connectivity index (χ4v) is 1.31. The fourth-order valence-electron chi connectivity index (χ4n) is 1.31. The molecule has 0 saturated carbocycles. The summed E-state index contributed by atoms with van der Waals surface area (Å²) in [5.41, 5.74) is 1.26. The van der Waals surface area contributed by atoms with Crippen molar-refractivity contribution >= 4 is 11.4 Å². The number of ketones is 1. The second kappa shape index (κ2) is 4.70. The summed E-state index contributed by atoms with van der Waals surface area (Å²) in [6, 6.07) is 9.14. The van der Waals surface area contributed by atoms with E-state index in [0.29, 0.717) is 5.57 Å². The summed E-state index contributed by atoms with van der Waals surface area (Å²) in [5, 5.41) is 0. The van der Waals surface area contributed by atoms with E-state index >= 15 is 0 Å². The van der Waals surface area contributed by atoms with E-state index in [4.69, 9.17) is 0 Å². The molecule has 0 spiro atoms. The third-order valence-electron chi connectivity index (χ3n) is 1.96. The number of rotatable bonds is 3. The highest BCUT2D eigenvalue weighted by atomic mass is 19.1. The minimum Gasteiger partial charge on any atom is -0.300 e. The highest BCUT2D eigenvalue weighted by Crippen LogP contribution is 2.22. The molecular formula is C12H13FO. The molecule has 1 aromatic rings. The average molecular weight is 192 g/mol. The van der Waals surface area contributed by atoms with Crippen molar-refractivity contribution in [3.05, 3.63) is 41.7 Å². The topological polar surface area (TPSA) is 17.1 Å². The summed E-state index contributed by atoms with van der Waals surface area (Å²) >= 11 is 0. The number of halogens is 1. The Morgan fingerprint density at radius 1 is 1.21 bits per heavy atom. The molecule has 0 bridgehead atoms. The lowest BCUT2D eigenvalue weighted by Crippen LogP contribution is -1.94. The summed E-state index contributed by atoms with van der Waals surface area (Å²) in [4.78, 5) is 10.9. The third-order valence-corrected chi connectivity index (χ3v) is 1.96. The molecule has 14 heavy (non-hydrogen) atoms. The Morgan fingerprint density at radius 3 is 2.21 bits per heavy atom. The summed E-state index contributed by atoms with van der Waals surface area (Å²) in [7, 11) is 0. The van der Waals surface area contributed by atoms with Gasteiger partial charge in [-0.3, -0.25) is 4.79 Å². The molecule has 74 valence electrons. The van der Waals surface area contributed by atoms with Crippen molar-refractivity contribution in [3.8, 4) is 0 Å². The van der Waals surface area contributed by atoms with Crippen molar-refractivity contribution in [1.29, 1.82) is 0 Å². The van der Waals surface area contributed by atoms with Gasteiger partial charge >= 0.3 is 0 Å². The molecule has 0 atom stereocenters. The van der Waals surface area contributed by atoms with Gasteiger partial charge in [-0.15, -0.1) is 0 Å². The monoisotopic (exact) mass is 192 g/mol. The Hall–Kier alpha value is -1.44. The van der Waals surface area contributed by atoms with E-state index in [1.807, 2.05) is 18.2 Å². The molecule has 1 rings (SSSR count). The maximum atomic E-state index is 13.1. The largest absolute Gasteiger partial charge is 0.300 e. The molecule has 0 radical (unpaired) electrons. The van der Waals surface area contributed by atoms with Crippen LogP contribution in [0.4, 0.5) is 4.39 Å². The Balaban J connectivity index is 3.03. The molecule has 0 fully saturated rings. The van der Waals surface area contributed by atoms with Crippen LogP contribution in [0.25, 0.3) is 5.57 Å². The molecule has 0 amide bonds. The number of benzene rings is 1. The van der Waals surface area contributed by atoms with Crippen LogP contribution in [0.3, 0.4) is 0 Å². The lowest BCUT2D eigenvalue weighted by atomic mass is 10.0. The lowest BCUT2D eigenvalue weighted by molar-refractivity contribution is -0.116. The maximum Gasteiger partial charge on any atom is 0.134 e. The zero-order valence-corrected chi connectivity index (χ0v) is 8.38. The van der Waals surface area contributed by atoms with Crippen molar-refractivity contribution in [3.63, 3.8) is 0 Å². The van der Waals surface area contributed by atoms with Crippen molar-refractivity contribution < 1.29 is 9.18 Å². The van der Waals surface area contributed by atoms with Crippen molar-refractivity contribution in [2.24, 2.45) is 0 Å². The molecular weight excluding hydrogens is 179 g/mol. The molecule has 0 aliphatic carbocycles. The lowest BCUT2D eigenvalue weighted by Gasteiger charge is -2.05. The number of allylic oxidation sites excluding steroid dienone is 2. The molecule has 0 aromatic heterocycles. The summed E-state index contributed by atoms with van der Waals surface area (Å²) in [6.45, 7) is 2.84. The minimum absolute atomic E-state index is 0.0270. The number of hydrogen-bond donors (Lipinski definition) is 0. The second-order valence-electron chi connectivity index (χ2n) is 3.26. The molecule has 1 nitrogen and oxygen atoms in total. The Morgan fingerprint density at radius 2 is 1.79 bits per heavy atom. The molecule has 0 aliphatic rings. The Labute approximate surface area is 83.3 Å². The standard InChI is InChI=1S/C12H13FO/c1-9(14)8-12(10(2)13)11-6-4-3-5-7-11/h3-7H,8H2,1-2H3/b12-10+.